The van der Waals surface area contributed by atoms with Gasteiger partial charge in [-0.3, -0.25) is 33.5 Å². The minimum Gasteiger partial charge on any atom is -0.497 e. The number of methoxy groups -OCH3 is 6. The van der Waals surface area contributed by atoms with Gasteiger partial charge in [-0.2, -0.15) is 23.4 Å². The normalized spacial score (nSPS) is 12.2. The third-order valence-corrected chi connectivity index (χ3v) is 23.3. The van der Waals surface area contributed by atoms with Crippen LogP contribution in [0.1, 0.15) is 26.1 Å². The van der Waals surface area contributed by atoms with E-state index in [1.807, 2.05) is 187 Å². The van der Waals surface area contributed by atoms with Crippen LogP contribution in [0.5, 0.6) is 34.5 Å². The predicted octanol–water partition coefficient (Wildman–Crippen LogP) is 16.9. The molecular formula is C101H108F5N21O10S. The Bertz CT molecular complexity index is 7130. The van der Waals surface area contributed by atoms with Gasteiger partial charge in [0.1, 0.15) is 58.3 Å². The molecule has 0 spiro atoms. The lowest BCUT2D eigenvalue weighted by atomic mass is 10.1. The summed E-state index contributed by atoms with van der Waals surface area (Å²) in [4.78, 5) is 48.9. The monoisotopic (exact) mass is 1900 g/mol. The summed E-state index contributed by atoms with van der Waals surface area (Å²) in [7, 11) is 13.1. The van der Waals surface area contributed by atoms with Crippen molar-refractivity contribution in [3.8, 4) is 79.5 Å². The van der Waals surface area contributed by atoms with Gasteiger partial charge in [0.15, 0.2) is 6.10 Å². The van der Waals surface area contributed by atoms with E-state index < -0.39 is 52.7 Å². The highest BCUT2D eigenvalue weighted by Crippen LogP contribution is 2.40. The molecule has 0 bridgehead atoms. The first-order valence-corrected chi connectivity index (χ1v) is 46.2. The van der Waals surface area contributed by atoms with E-state index in [0.29, 0.717) is 63.2 Å². The lowest BCUT2D eigenvalue weighted by molar-refractivity contribution is -0.199. The number of anilines is 8. The molecule has 8 aromatic carbocycles. The fourth-order valence-electron chi connectivity index (χ4n) is 15.1. The molecule has 0 aliphatic heterocycles. The summed E-state index contributed by atoms with van der Waals surface area (Å²) >= 11 is 0. The number of alkyl halides is 3. The van der Waals surface area contributed by atoms with Crippen molar-refractivity contribution in [1.29, 1.82) is 0 Å². The Morgan fingerprint density at radius 3 is 1.16 bits per heavy atom. The van der Waals surface area contributed by atoms with E-state index >= 15 is 0 Å². The number of aliphatic hydroxyl groups is 3. The van der Waals surface area contributed by atoms with Gasteiger partial charge in [-0.15, -0.1) is 0 Å². The number of ether oxygens (including phenoxy) is 6. The lowest BCUT2D eigenvalue weighted by Crippen LogP contribution is -2.39. The van der Waals surface area contributed by atoms with Crippen LogP contribution in [0.2, 0.25) is 0 Å². The van der Waals surface area contributed by atoms with E-state index in [1.165, 1.54) is 37.3 Å². The van der Waals surface area contributed by atoms with Gasteiger partial charge in [0.25, 0.3) is 0 Å². The summed E-state index contributed by atoms with van der Waals surface area (Å²) in [5.41, 5.74) is 17.6. The number of aromatic nitrogens is 16. The van der Waals surface area contributed by atoms with Crippen LogP contribution in [0, 0.1) is 18.6 Å². The molecule has 9 heterocycles. The number of fused-ring (bicyclic) bond motifs is 4. The van der Waals surface area contributed by atoms with Crippen LogP contribution < -0.4 is 53.3 Å². The first-order chi connectivity index (χ1) is 66.3. The van der Waals surface area contributed by atoms with Crippen molar-refractivity contribution in [2.45, 2.75) is 64.7 Å². The molecule has 37 heteroatoms. The number of halogens is 5. The number of hydrogen-bond donors (Lipinski definition) is 4. The molecule has 0 aliphatic rings. The number of aryl methyl sites for hydroxylation is 6. The molecule has 4 N–H and O–H groups in total. The number of nitrogens with zero attached hydrogens (tertiary/aromatic N) is 20. The molecule has 138 heavy (non-hydrogen) atoms. The number of rotatable bonds is 34. The van der Waals surface area contributed by atoms with Crippen LogP contribution >= 0.6 is 0 Å². The van der Waals surface area contributed by atoms with Crippen molar-refractivity contribution in [2.75, 3.05) is 114 Å². The van der Waals surface area contributed by atoms with Crippen molar-refractivity contribution in [1.82, 2.24) is 83.4 Å². The first-order valence-electron chi connectivity index (χ1n) is 43.9. The third-order valence-electron chi connectivity index (χ3n) is 22.3. The molecule has 0 amide bonds. The summed E-state index contributed by atoms with van der Waals surface area (Å²) in [5, 5.41) is 41.5. The SMILES string of the molecule is C=S(C)(=O)CCn1cc(-c2cnc3ccc(N(CCNC(C)C)c4cc(OC)cc(OC)c4)cc3n2)cn1.COc1cc(F)cc(N(C[C@@H](O)CO)c2ccc3ncc(-c4ccn(C)c4)nc3c2)c1.COc1cc(F)cc(N(C[C@H](O)C(F)(F)F)c2ccc3ncc(-c4ccn(C)c4)nc3c2)c1.COc1cc(OC)cc(N(CCCn2ncnc2C)c2ccc3ncc(-c4ccn(C)c4)nc3c2)c1. The Labute approximate surface area is 795 Å². The van der Waals surface area contributed by atoms with Crippen molar-refractivity contribution in [3.05, 3.63) is 262 Å². The molecule has 0 fully saturated rings. The van der Waals surface area contributed by atoms with Crippen molar-refractivity contribution in [2.24, 2.45) is 21.1 Å². The van der Waals surface area contributed by atoms with Gasteiger partial charge in [-0.25, -0.2) is 33.7 Å². The molecule has 9 aromatic heterocycles. The van der Waals surface area contributed by atoms with E-state index in [0.717, 1.165) is 158 Å². The minimum absolute atomic E-state index is 0.0560. The van der Waals surface area contributed by atoms with Crippen LogP contribution in [0.3, 0.4) is 0 Å². The van der Waals surface area contributed by atoms with Crippen LogP contribution in [0.15, 0.2) is 244 Å². The molecule has 17 rings (SSSR count). The third kappa shape index (κ3) is 25.5. The molecule has 31 nitrogen and oxygen atoms in total. The zero-order valence-electron chi connectivity index (χ0n) is 78.5. The Morgan fingerprint density at radius 2 is 0.812 bits per heavy atom. The smallest absolute Gasteiger partial charge is 0.416 e. The number of hydrogen-bond acceptors (Lipinski definition) is 26. The maximum atomic E-state index is 14.2. The van der Waals surface area contributed by atoms with Gasteiger partial charge >= 0.3 is 6.18 Å². The molecule has 0 radical (unpaired) electrons. The summed E-state index contributed by atoms with van der Waals surface area (Å²) in [6, 6.07) is 48.3. The van der Waals surface area contributed by atoms with Gasteiger partial charge in [0.2, 0.25) is 0 Å². The average molecular weight is 1900 g/mol. The van der Waals surface area contributed by atoms with Crippen molar-refractivity contribution in [3.63, 3.8) is 0 Å². The largest absolute Gasteiger partial charge is 0.497 e. The Hall–Kier alpha value is -15.2. The highest BCUT2D eigenvalue weighted by Gasteiger charge is 2.40. The zero-order chi connectivity index (χ0) is 98.1. The number of aliphatic hydroxyl groups excluding tert-OH is 3. The number of nitrogens with one attached hydrogen (secondary N) is 1. The Balaban J connectivity index is 0.000000147. The molecule has 17 aromatic rings. The highest BCUT2D eigenvalue weighted by atomic mass is 32.2. The van der Waals surface area contributed by atoms with Gasteiger partial charge in [-0.1, -0.05) is 13.8 Å². The molecule has 0 saturated carbocycles. The predicted molar refractivity (Wildman–Crippen MR) is 529 cm³/mol. The zero-order valence-corrected chi connectivity index (χ0v) is 79.4. The average Bonchev–Trinajstić information content (AvgIpc) is 1.10. The summed E-state index contributed by atoms with van der Waals surface area (Å²) < 4.78 is 122. The van der Waals surface area contributed by atoms with E-state index in [2.05, 4.69) is 93.1 Å². The topological polar surface area (TPSA) is 325 Å². The molecular weight excluding hydrogens is 1790 g/mol. The molecule has 718 valence electrons. The quantitative estimate of drug-likeness (QED) is 0.0215. The van der Waals surface area contributed by atoms with Gasteiger partial charge in [0, 0.05) is 237 Å². The van der Waals surface area contributed by atoms with Crippen LogP contribution in [0.25, 0.3) is 89.2 Å². The molecule has 0 aliphatic carbocycles. The van der Waals surface area contributed by atoms with Gasteiger partial charge < -0.3 is 82.4 Å². The summed E-state index contributed by atoms with van der Waals surface area (Å²) in [5.74, 6) is 7.31. The Morgan fingerprint density at radius 1 is 0.442 bits per heavy atom. The maximum absolute atomic E-state index is 14.2. The molecule has 0 saturated heterocycles. The fraction of sp³-hybridized carbons (Fsp3) is 0.267. The van der Waals surface area contributed by atoms with E-state index in [9.17, 15) is 41.5 Å². The molecule has 1 unspecified atom stereocenters. The van der Waals surface area contributed by atoms with Gasteiger partial charge in [0.05, 0.1) is 173 Å². The summed E-state index contributed by atoms with van der Waals surface area (Å²) in [6.45, 7) is 8.56. The van der Waals surface area contributed by atoms with E-state index in [-0.39, 0.29) is 23.7 Å². The van der Waals surface area contributed by atoms with Crippen molar-refractivity contribution < 1.29 is 69.9 Å². The van der Waals surface area contributed by atoms with Crippen LogP contribution in [-0.2, 0) is 43.8 Å². The fourth-order valence-corrected chi connectivity index (χ4v) is 15.7. The Kier molecular flexibility index (Phi) is 31.9. The first kappa shape index (κ1) is 98.8. The molecule has 3 atom stereocenters. The maximum Gasteiger partial charge on any atom is 0.416 e. The van der Waals surface area contributed by atoms with Crippen LogP contribution in [-0.4, -0.2) is 222 Å². The van der Waals surface area contributed by atoms with E-state index in [4.69, 9.17) is 43.4 Å². The second-order valence-electron chi connectivity index (χ2n) is 33.0. The summed E-state index contributed by atoms with van der Waals surface area (Å²) in [6.07, 6.45) is 17.8. The number of benzene rings is 8. The second-order valence-corrected chi connectivity index (χ2v) is 35.8. The van der Waals surface area contributed by atoms with Crippen LogP contribution in [0.4, 0.5) is 67.5 Å². The van der Waals surface area contributed by atoms with Gasteiger partial charge in [-0.05, 0) is 132 Å². The minimum atomic E-state index is -4.85. The van der Waals surface area contributed by atoms with Crippen molar-refractivity contribution >= 4 is 105 Å². The second kappa shape index (κ2) is 44.5. The highest BCUT2D eigenvalue weighted by molar-refractivity contribution is 7.99. The lowest BCUT2D eigenvalue weighted by Gasteiger charge is -2.28. The standard InChI is InChI=1S/C28H36N6O3S.C27H29N7O2.C23H20F4N4O2.C23H23FN4O3/c1-20(2)29-9-10-34(23-13-24(36-3)16-25(14-23)37-4)22-7-8-26-27(15-22)32-28(18-30-26)21-17-31-33(19-21)11-12-38(5,6)35;1-19-29-18-30-34(19)10-5-9-33(22-12-23(35-3)15-24(13-22)36-4)21-6-7-25-26(14-21)31-27(16-28-25)20-8-11-32(2)17-20;1-30-6-5-14(12-30)21-11-28-19-4-3-16(10-20(19)29-21)31(13-22(32)23(25,26)27)17-7-15(24)8-18(9-17)33-2;1-27-6-5-15(12-27)23-11-25-21-4-3-17(10-22(21)26-23)28(13-19(30)14-29)18-7-16(24)8-20(9-18)31-2/h7-8,13-20,29H,5,9-12H2,1-4,6H3;6-8,11-18H,5,9-10H2,1-4H3;3-12,22,32H,13H2,1-2H3;3-12,19,29-30H,13-14H2,1-2H3/t;;22-;19-/m..01/s1. The van der Waals surface area contributed by atoms with E-state index in [1.54, 1.807) is 99.7 Å².